The number of sulfonamides is 1. The maximum Gasteiger partial charge on any atom is 0.265 e. The first kappa shape index (κ1) is 37.1. The van der Waals surface area contributed by atoms with Gasteiger partial charge in [-0.3, -0.25) is 13.9 Å². The summed E-state index contributed by atoms with van der Waals surface area (Å²) >= 11 is 18.9. The summed E-state index contributed by atoms with van der Waals surface area (Å²) in [6, 6.07) is 12.4. The smallest absolute Gasteiger partial charge is 0.265 e. The molecule has 0 aliphatic rings. The zero-order valence-corrected chi connectivity index (χ0v) is 29.6. The molecule has 0 spiro atoms. The summed E-state index contributed by atoms with van der Waals surface area (Å²) in [5.41, 5.74) is 0.532. The van der Waals surface area contributed by atoms with Gasteiger partial charge in [-0.2, -0.15) is 0 Å². The van der Waals surface area contributed by atoms with Crippen LogP contribution in [0.2, 0.25) is 15.1 Å². The number of amides is 2. The quantitative estimate of drug-likeness (QED) is 0.193. The first-order valence-corrected chi connectivity index (χ1v) is 16.9. The van der Waals surface area contributed by atoms with Crippen molar-refractivity contribution < 1.29 is 32.2 Å². The molecule has 0 heterocycles. The maximum absolute atomic E-state index is 14.4. The summed E-state index contributed by atoms with van der Waals surface area (Å²) in [6.45, 7) is 5.24. The molecule has 0 fully saturated rings. The van der Waals surface area contributed by atoms with Crippen molar-refractivity contribution in [2.24, 2.45) is 5.92 Å². The SMILES string of the molecule is CC[C@@H](C(=O)NCC(C)C)N(Cc1ccc(Cl)cc1Cl)C(=O)CN(c1cc(Cl)ccc1OC)S(=O)(=O)c1ccc(OC)c(OC)c1. The summed E-state index contributed by atoms with van der Waals surface area (Å²) in [5.74, 6) is -0.273. The number of rotatable bonds is 15. The highest BCUT2D eigenvalue weighted by Crippen LogP contribution is 2.37. The highest BCUT2D eigenvalue weighted by atomic mass is 35.5. The molecule has 0 aliphatic carbocycles. The monoisotopic (exact) mass is 713 g/mol. The molecule has 3 aromatic carbocycles. The van der Waals surface area contributed by atoms with E-state index in [1.165, 1.54) is 68.7 Å². The van der Waals surface area contributed by atoms with Gasteiger partial charge in [0.05, 0.1) is 31.9 Å². The fraction of sp³-hybridized carbons (Fsp3) is 0.375. The second kappa shape index (κ2) is 16.4. The number of ether oxygens (including phenoxy) is 3. The number of nitrogens with one attached hydrogen (secondary N) is 1. The molecule has 2 amide bonds. The van der Waals surface area contributed by atoms with Crippen LogP contribution in [0.25, 0.3) is 0 Å². The summed E-state index contributed by atoms with van der Waals surface area (Å²) in [7, 11) is -0.304. The van der Waals surface area contributed by atoms with Gasteiger partial charge in [-0.05, 0) is 60.4 Å². The van der Waals surface area contributed by atoms with Crippen molar-refractivity contribution in [2.75, 3.05) is 38.7 Å². The highest BCUT2D eigenvalue weighted by molar-refractivity contribution is 7.92. The Morgan fingerprint density at radius 1 is 0.848 bits per heavy atom. The number of hydrogen-bond donors (Lipinski definition) is 1. The van der Waals surface area contributed by atoms with E-state index >= 15 is 0 Å². The Bertz CT molecular complexity index is 1650. The standard InChI is InChI=1S/C32H38Cl3N3O7S/c1-7-26(32(40)36-17-20(2)3)37(18-21-8-9-22(33)14-25(21)35)31(39)19-38(27-15-23(34)10-12-28(27)43-4)46(41,42)24-11-13-29(44-5)30(16-24)45-6/h8-16,20,26H,7,17-19H2,1-6H3,(H,36,40)/t26-/m0/s1. The molecule has 0 saturated heterocycles. The van der Waals surface area contributed by atoms with Crippen molar-refractivity contribution in [3.05, 3.63) is 75.2 Å². The average Bonchev–Trinajstić information content (AvgIpc) is 3.02. The van der Waals surface area contributed by atoms with Crippen LogP contribution in [0.5, 0.6) is 17.2 Å². The zero-order chi connectivity index (χ0) is 34.2. The first-order valence-electron chi connectivity index (χ1n) is 14.4. The minimum Gasteiger partial charge on any atom is -0.495 e. The van der Waals surface area contributed by atoms with E-state index in [1.807, 2.05) is 13.8 Å². The van der Waals surface area contributed by atoms with Gasteiger partial charge in [0.25, 0.3) is 10.0 Å². The van der Waals surface area contributed by atoms with Gasteiger partial charge in [0.1, 0.15) is 18.3 Å². The molecule has 0 aliphatic heterocycles. The van der Waals surface area contributed by atoms with E-state index in [4.69, 9.17) is 49.0 Å². The molecule has 0 radical (unpaired) electrons. The van der Waals surface area contributed by atoms with Crippen LogP contribution in [-0.4, -0.2) is 65.6 Å². The number of methoxy groups -OCH3 is 3. The van der Waals surface area contributed by atoms with Gasteiger partial charge < -0.3 is 24.4 Å². The van der Waals surface area contributed by atoms with Crippen LogP contribution in [0.1, 0.15) is 32.8 Å². The van der Waals surface area contributed by atoms with Crippen molar-refractivity contribution >= 4 is 62.3 Å². The molecule has 3 rings (SSSR count). The molecule has 3 aromatic rings. The Morgan fingerprint density at radius 2 is 1.46 bits per heavy atom. The predicted molar refractivity (Wildman–Crippen MR) is 181 cm³/mol. The van der Waals surface area contributed by atoms with Crippen molar-refractivity contribution in [1.29, 1.82) is 0 Å². The van der Waals surface area contributed by atoms with E-state index in [-0.39, 0.29) is 56.9 Å². The number of benzene rings is 3. The highest BCUT2D eigenvalue weighted by Gasteiger charge is 2.35. The Kier molecular flexibility index (Phi) is 13.3. The minimum absolute atomic E-state index is 0.0138. The minimum atomic E-state index is -4.48. The molecular weight excluding hydrogens is 677 g/mol. The third-order valence-corrected chi connectivity index (χ3v) is 9.64. The Morgan fingerprint density at radius 3 is 2.04 bits per heavy atom. The van der Waals surface area contributed by atoms with Gasteiger partial charge in [-0.25, -0.2) is 8.42 Å². The van der Waals surface area contributed by atoms with Gasteiger partial charge in [0, 0.05) is 34.2 Å². The summed E-state index contributed by atoms with van der Waals surface area (Å²) in [4.78, 5) is 29.0. The van der Waals surface area contributed by atoms with E-state index in [0.717, 1.165) is 4.31 Å². The van der Waals surface area contributed by atoms with Crippen LogP contribution < -0.4 is 23.8 Å². The summed E-state index contributed by atoms with van der Waals surface area (Å²) < 4.78 is 45.8. The fourth-order valence-corrected chi connectivity index (χ4v) is 6.72. The number of halogens is 3. The first-order chi connectivity index (χ1) is 21.8. The van der Waals surface area contributed by atoms with Gasteiger partial charge in [0.15, 0.2) is 11.5 Å². The Hall–Kier alpha value is -3.38. The molecule has 0 unspecified atom stereocenters. The third kappa shape index (κ3) is 8.90. The number of anilines is 1. The topological polar surface area (TPSA) is 114 Å². The van der Waals surface area contributed by atoms with Crippen molar-refractivity contribution in [3.63, 3.8) is 0 Å². The molecule has 1 N–H and O–H groups in total. The van der Waals surface area contributed by atoms with Crippen LogP contribution >= 0.6 is 34.8 Å². The number of carbonyl (C=O) groups is 2. The Labute approximate surface area is 285 Å². The molecule has 1 atom stereocenters. The number of hydrogen-bond acceptors (Lipinski definition) is 7. The Balaban J connectivity index is 2.18. The number of nitrogens with zero attached hydrogens (tertiary/aromatic N) is 2. The second-order valence-corrected chi connectivity index (χ2v) is 13.8. The van der Waals surface area contributed by atoms with E-state index in [0.29, 0.717) is 22.9 Å². The lowest BCUT2D eigenvalue weighted by Crippen LogP contribution is -2.52. The molecule has 0 aromatic heterocycles. The normalized spacial score (nSPS) is 12.0. The summed E-state index contributed by atoms with van der Waals surface area (Å²) in [5, 5.41) is 3.78. The van der Waals surface area contributed by atoms with Crippen LogP contribution in [0, 0.1) is 5.92 Å². The molecule has 46 heavy (non-hydrogen) atoms. The van der Waals surface area contributed by atoms with Crippen LogP contribution in [0.15, 0.2) is 59.5 Å². The average molecular weight is 715 g/mol. The second-order valence-electron chi connectivity index (χ2n) is 10.7. The molecule has 0 bridgehead atoms. The van der Waals surface area contributed by atoms with E-state index in [2.05, 4.69) is 5.32 Å². The van der Waals surface area contributed by atoms with Crippen LogP contribution in [0.4, 0.5) is 5.69 Å². The van der Waals surface area contributed by atoms with E-state index in [9.17, 15) is 18.0 Å². The lowest BCUT2D eigenvalue weighted by molar-refractivity contribution is -0.140. The fourth-order valence-electron chi connectivity index (χ4n) is 4.65. The van der Waals surface area contributed by atoms with Gasteiger partial charge in [0.2, 0.25) is 11.8 Å². The molecular formula is C32H38Cl3N3O7S. The van der Waals surface area contributed by atoms with Gasteiger partial charge in [-0.1, -0.05) is 61.6 Å². The predicted octanol–water partition coefficient (Wildman–Crippen LogP) is 6.45. The van der Waals surface area contributed by atoms with Crippen LogP contribution in [0.3, 0.4) is 0 Å². The van der Waals surface area contributed by atoms with E-state index < -0.39 is 28.5 Å². The summed E-state index contributed by atoms with van der Waals surface area (Å²) in [6.07, 6.45) is 0.240. The molecule has 250 valence electrons. The van der Waals surface area contributed by atoms with E-state index in [1.54, 1.807) is 19.1 Å². The lowest BCUT2D eigenvalue weighted by Gasteiger charge is -2.34. The van der Waals surface area contributed by atoms with Crippen LogP contribution in [-0.2, 0) is 26.2 Å². The third-order valence-electron chi connectivity index (χ3n) is 7.06. The van der Waals surface area contributed by atoms with Crippen molar-refractivity contribution in [3.8, 4) is 17.2 Å². The lowest BCUT2D eigenvalue weighted by atomic mass is 10.1. The van der Waals surface area contributed by atoms with Crippen molar-refractivity contribution in [1.82, 2.24) is 10.2 Å². The van der Waals surface area contributed by atoms with Gasteiger partial charge >= 0.3 is 0 Å². The molecule has 14 heteroatoms. The largest absolute Gasteiger partial charge is 0.495 e. The number of carbonyl (C=O) groups excluding carboxylic acids is 2. The molecule has 0 saturated carbocycles. The van der Waals surface area contributed by atoms with Gasteiger partial charge in [-0.15, -0.1) is 0 Å². The zero-order valence-electron chi connectivity index (χ0n) is 26.5. The van der Waals surface area contributed by atoms with Crippen molar-refractivity contribution in [2.45, 2.75) is 44.7 Å². The molecule has 10 nitrogen and oxygen atoms in total. The maximum atomic E-state index is 14.4.